The van der Waals surface area contributed by atoms with Gasteiger partial charge in [-0.1, -0.05) is 36.4 Å². The zero-order valence-electron chi connectivity index (χ0n) is 16.8. The number of fused-ring (bicyclic) bond motifs is 1. The molecule has 0 bridgehead atoms. The second-order valence-corrected chi connectivity index (χ2v) is 9.17. The van der Waals surface area contributed by atoms with Crippen molar-refractivity contribution in [1.29, 1.82) is 0 Å². The molecule has 0 atom stereocenters. The van der Waals surface area contributed by atoms with Crippen LogP contribution in [0.1, 0.15) is 10.4 Å². The topological polar surface area (TPSA) is 133 Å². The van der Waals surface area contributed by atoms with Gasteiger partial charge in [-0.2, -0.15) is 4.31 Å². The number of sulfonamides is 1. The van der Waals surface area contributed by atoms with Crippen molar-refractivity contribution in [2.45, 2.75) is 4.90 Å². The molecule has 0 saturated carbocycles. The Kier molecular flexibility index (Phi) is 5.78. The molecule has 1 saturated heterocycles. The van der Waals surface area contributed by atoms with Crippen molar-refractivity contribution >= 4 is 38.1 Å². The van der Waals surface area contributed by atoms with E-state index in [0.29, 0.717) is 11.1 Å². The number of nitrogens with one attached hydrogen (secondary N) is 1. The summed E-state index contributed by atoms with van der Waals surface area (Å²) in [6.45, 7) is 0.881. The Labute approximate surface area is 183 Å². The van der Waals surface area contributed by atoms with Gasteiger partial charge >= 0.3 is 0 Å². The summed E-state index contributed by atoms with van der Waals surface area (Å²) in [5.41, 5.74) is 1.53. The molecule has 0 aromatic heterocycles. The zero-order valence-corrected chi connectivity index (χ0v) is 17.7. The summed E-state index contributed by atoms with van der Waals surface area (Å²) >= 11 is 0. The van der Waals surface area contributed by atoms with E-state index >= 15 is 0 Å². The van der Waals surface area contributed by atoms with Crippen molar-refractivity contribution in [3.8, 4) is 0 Å². The van der Waals surface area contributed by atoms with E-state index in [4.69, 9.17) is 5.21 Å². The van der Waals surface area contributed by atoms with Crippen molar-refractivity contribution in [2.75, 3.05) is 31.1 Å². The van der Waals surface area contributed by atoms with E-state index in [0.717, 1.165) is 11.5 Å². The molecule has 0 aliphatic carbocycles. The fourth-order valence-corrected chi connectivity index (χ4v) is 5.52. The summed E-state index contributed by atoms with van der Waals surface area (Å²) in [6, 6.07) is 16.2. The van der Waals surface area contributed by atoms with Gasteiger partial charge in [0.15, 0.2) is 0 Å². The Morgan fingerprint density at radius 3 is 2.38 bits per heavy atom. The Morgan fingerprint density at radius 1 is 1.00 bits per heavy atom. The van der Waals surface area contributed by atoms with Crippen LogP contribution in [0.25, 0.3) is 10.8 Å². The highest BCUT2D eigenvalue weighted by Gasteiger charge is 2.31. The maximum Gasteiger partial charge on any atom is 0.276 e. The largest absolute Gasteiger partial charge is 0.368 e. The third kappa shape index (κ3) is 3.88. The van der Waals surface area contributed by atoms with Gasteiger partial charge in [0, 0.05) is 43.7 Å². The fraction of sp³-hybridized carbons (Fsp3) is 0.190. The molecule has 1 aliphatic rings. The van der Waals surface area contributed by atoms with Gasteiger partial charge in [-0.3, -0.25) is 20.1 Å². The average Bonchev–Trinajstić information content (AvgIpc) is 2.82. The van der Waals surface area contributed by atoms with Crippen LogP contribution in [0.5, 0.6) is 0 Å². The molecule has 10 nitrogen and oxygen atoms in total. The molecular formula is C21H20N4O6S. The molecule has 0 unspecified atom stereocenters. The number of hydrogen-bond donors (Lipinski definition) is 2. The number of rotatable bonds is 5. The molecule has 0 radical (unpaired) electrons. The highest BCUT2D eigenvalue weighted by atomic mass is 32.2. The SMILES string of the molecule is O=C(NO)c1cc([N+](=O)[O-])ccc1N1CCN(S(=O)(=O)c2cccc3ccccc23)CC1. The number of hydrogen-bond acceptors (Lipinski definition) is 7. The monoisotopic (exact) mass is 456 g/mol. The number of benzene rings is 3. The van der Waals surface area contributed by atoms with Gasteiger partial charge in [-0.15, -0.1) is 0 Å². The minimum atomic E-state index is -3.75. The van der Waals surface area contributed by atoms with Crippen molar-refractivity contribution in [1.82, 2.24) is 9.79 Å². The lowest BCUT2D eigenvalue weighted by Gasteiger charge is -2.36. The quantitative estimate of drug-likeness (QED) is 0.342. The van der Waals surface area contributed by atoms with Gasteiger partial charge in [0.2, 0.25) is 10.0 Å². The average molecular weight is 456 g/mol. The van der Waals surface area contributed by atoms with Crippen LogP contribution < -0.4 is 10.4 Å². The molecule has 3 aromatic rings. The second-order valence-electron chi connectivity index (χ2n) is 7.27. The van der Waals surface area contributed by atoms with Gasteiger partial charge in [0.25, 0.3) is 11.6 Å². The molecule has 1 aliphatic heterocycles. The third-order valence-electron chi connectivity index (χ3n) is 5.48. The van der Waals surface area contributed by atoms with Crippen LogP contribution in [-0.4, -0.2) is 54.9 Å². The zero-order chi connectivity index (χ0) is 22.9. The fourth-order valence-electron chi connectivity index (χ4n) is 3.88. The lowest BCUT2D eigenvalue weighted by Crippen LogP contribution is -2.49. The molecule has 4 rings (SSSR count). The minimum absolute atomic E-state index is 0.0629. The summed E-state index contributed by atoms with van der Waals surface area (Å²) in [5.74, 6) is -0.880. The molecule has 11 heteroatoms. The molecule has 0 spiro atoms. The number of hydroxylamine groups is 1. The maximum absolute atomic E-state index is 13.3. The number of amides is 1. The van der Waals surface area contributed by atoms with Crippen molar-refractivity contribution < 1.29 is 23.3 Å². The summed E-state index contributed by atoms with van der Waals surface area (Å²) in [4.78, 5) is 24.5. The second kappa shape index (κ2) is 8.54. The van der Waals surface area contributed by atoms with Crippen LogP contribution in [0.15, 0.2) is 65.6 Å². The Bertz CT molecular complexity index is 1300. The van der Waals surface area contributed by atoms with Crippen molar-refractivity contribution in [2.24, 2.45) is 0 Å². The lowest BCUT2D eigenvalue weighted by atomic mass is 10.1. The number of nitro groups is 1. The number of non-ortho nitro benzene ring substituents is 1. The van der Waals surface area contributed by atoms with E-state index in [2.05, 4.69) is 0 Å². The minimum Gasteiger partial charge on any atom is -0.368 e. The number of anilines is 1. The summed E-state index contributed by atoms with van der Waals surface area (Å²) in [7, 11) is -3.75. The Hall–Kier alpha value is -3.54. The van der Waals surface area contributed by atoms with E-state index in [1.165, 1.54) is 21.9 Å². The Morgan fingerprint density at radius 2 is 1.69 bits per heavy atom. The number of nitrogens with zero attached hydrogens (tertiary/aromatic N) is 3. The number of nitro benzene ring substituents is 1. The summed E-state index contributed by atoms with van der Waals surface area (Å²) in [6.07, 6.45) is 0. The van der Waals surface area contributed by atoms with Gasteiger partial charge < -0.3 is 4.90 Å². The molecule has 1 fully saturated rings. The van der Waals surface area contributed by atoms with Crippen molar-refractivity contribution in [3.63, 3.8) is 0 Å². The summed E-state index contributed by atoms with van der Waals surface area (Å²) in [5, 5.41) is 21.6. The van der Waals surface area contributed by atoms with Crippen LogP contribution in [0.4, 0.5) is 11.4 Å². The number of piperazine rings is 1. The summed E-state index contributed by atoms with van der Waals surface area (Å²) < 4.78 is 28.0. The highest BCUT2D eigenvalue weighted by Crippen LogP contribution is 2.29. The smallest absolute Gasteiger partial charge is 0.276 e. The first kappa shape index (κ1) is 21.7. The van der Waals surface area contributed by atoms with Crippen LogP contribution >= 0.6 is 0 Å². The van der Waals surface area contributed by atoms with E-state index in [9.17, 15) is 23.3 Å². The van der Waals surface area contributed by atoms with Gasteiger partial charge in [0.1, 0.15) is 0 Å². The van der Waals surface area contributed by atoms with Crippen LogP contribution in [0.2, 0.25) is 0 Å². The number of carbonyl (C=O) groups excluding carboxylic acids is 1. The normalized spacial score (nSPS) is 15.0. The molecule has 2 N–H and O–H groups in total. The van der Waals surface area contributed by atoms with Gasteiger partial charge in [-0.05, 0) is 17.5 Å². The lowest BCUT2D eigenvalue weighted by molar-refractivity contribution is -0.384. The predicted octanol–water partition coefficient (Wildman–Crippen LogP) is 2.38. The predicted molar refractivity (Wildman–Crippen MR) is 117 cm³/mol. The van der Waals surface area contributed by atoms with E-state index in [-0.39, 0.29) is 42.3 Å². The van der Waals surface area contributed by atoms with Crippen LogP contribution in [0.3, 0.4) is 0 Å². The first-order chi connectivity index (χ1) is 15.3. The standard InChI is InChI=1S/C21H20N4O6S/c26-21(22-27)18-14-16(25(28)29)8-9-19(18)23-10-12-24(13-11-23)32(30,31)20-7-3-5-15-4-1-2-6-17(15)20/h1-9,14,27H,10-13H2,(H,22,26). The van der Waals surface area contributed by atoms with E-state index < -0.39 is 20.9 Å². The van der Waals surface area contributed by atoms with E-state index in [1.807, 2.05) is 18.2 Å². The molecular weight excluding hydrogens is 436 g/mol. The first-order valence-electron chi connectivity index (χ1n) is 9.78. The van der Waals surface area contributed by atoms with Gasteiger partial charge in [-0.25, -0.2) is 13.9 Å². The highest BCUT2D eigenvalue weighted by molar-refractivity contribution is 7.89. The molecule has 1 amide bonds. The molecule has 1 heterocycles. The molecule has 166 valence electrons. The third-order valence-corrected chi connectivity index (χ3v) is 7.44. The first-order valence-corrected chi connectivity index (χ1v) is 11.2. The van der Waals surface area contributed by atoms with Crippen LogP contribution in [0, 0.1) is 10.1 Å². The maximum atomic E-state index is 13.3. The Balaban J connectivity index is 1.59. The molecule has 3 aromatic carbocycles. The number of carbonyl (C=O) groups is 1. The van der Waals surface area contributed by atoms with E-state index in [1.54, 1.807) is 29.2 Å². The van der Waals surface area contributed by atoms with Crippen molar-refractivity contribution in [3.05, 3.63) is 76.3 Å². The molecule has 32 heavy (non-hydrogen) atoms. The van der Waals surface area contributed by atoms with Crippen LogP contribution in [-0.2, 0) is 10.0 Å². The van der Waals surface area contributed by atoms with Gasteiger partial charge in [0.05, 0.1) is 21.1 Å².